The normalized spacial score (nSPS) is 13.5. The summed E-state index contributed by atoms with van der Waals surface area (Å²) in [5, 5.41) is 0. The molecule has 0 spiro atoms. The lowest BCUT2D eigenvalue weighted by Crippen LogP contribution is -2.14. The summed E-state index contributed by atoms with van der Waals surface area (Å²) in [5.74, 6) is 0.729. The summed E-state index contributed by atoms with van der Waals surface area (Å²) in [6, 6.07) is 0. The van der Waals surface area contributed by atoms with E-state index in [0.29, 0.717) is 6.54 Å². The second-order valence-electron chi connectivity index (χ2n) is 1.90. The van der Waals surface area contributed by atoms with Crippen molar-refractivity contribution in [2.24, 2.45) is 5.73 Å². The average molecular weight is 183 g/mol. The van der Waals surface area contributed by atoms with Gasteiger partial charge in [-0.1, -0.05) is 0 Å². The molecule has 0 rings (SSSR count). The van der Waals surface area contributed by atoms with Crippen molar-refractivity contribution in [1.82, 2.24) is 0 Å². The first-order valence-corrected chi connectivity index (χ1v) is 5.00. The van der Waals surface area contributed by atoms with Gasteiger partial charge in [-0.05, 0) is 13.0 Å². The van der Waals surface area contributed by atoms with E-state index in [-0.39, 0.29) is 0 Å². The Morgan fingerprint density at radius 3 is 1.82 bits per heavy atom. The molecular formula is C6H17NO3S. The van der Waals surface area contributed by atoms with Crippen LogP contribution in [0.4, 0.5) is 0 Å². The molecule has 4 nitrogen and oxygen atoms in total. The first kappa shape index (κ1) is 11.2. The van der Waals surface area contributed by atoms with Gasteiger partial charge in [0.05, 0.1) is 32.2 Å². The summed E-state index contributed by atoms with van der Waals surface area (Å²) in [4.78, 5) is 0. The molecule has 0 unspecified atom stereocenters. The highest BCUT2D eigenvalue weighted by Gasteiger charge is 2.21. The van der Waals surface area contributed by atoms with Crippen LogP contribution in [0.2, 0.25) is 0 Å². The molecule has 0 aromatic heterocycles. The van der Waals surface area contributed by atoms with Crippen molar-refractivity contribution >= 4 is 10.9 Å². The van der Waals surface area contributed by atoms with Gasteiger partial charge in [-0.25, -0.2) is 0 Å². The van der Waals surface area contributed by atoms with Gasteiger partial charge in [-0.15, -0.1) is 0 Å². The molecule has 0 aliphatic heterocycles. The van der Waals surface area contributed by atoms with Crippen molar-refractivity contribution in [2.45, 2.75) is 6.42 Å². The maximum atomic E-state index is 5.35. The van der Waals surface area contributed by atoms with Crippen LogP contribution in [0.25, 0.3) is 0 Å². The maximum absolute atomic E-state index is 5.35. The highest BCUT2D eigenvalue weighted by molar-refractivity contribution is 8.21. The third-order valence-corrected chi connectivity index (χ3v) is 3.67. The van der Waals surface area contributed by atoms with Crippen molar-refractivity contribution in [3.8, 4) is 0 Å². The summed E-state index contributed by atoms with van der Waals surface area (Å²) in [6.45, 7) is 0.630. The molecule has 0 aromatic rings. The summed E-state index contributed by atoms with van der Waals surface area (Å²) < 4.78 is 15.4. The van der Waals surface area contributed by atoms with E-state index in [9.17, 15) is 0 Å². The first-order chi connectivity index (χ1) is 5.24. The van der Waals surface area contributed by atoms with Gasteiger partial charge < -0.3 is 5.73 Å². The van der Waals surface area contributed by atoms with E-state index >= 15 is 0 Å². The van der Waals surface area contributed by atoms with Crippen LogP contribution in [0.5, 0.6) is 0 Å². The van der Waals surface area contributed by atoms with E-state index in [4.69, 9.17) is 18.3 Å². The quantitative estimate of drug-likeness (QED) is 0.662. The summed E-state index contributed by atoms with van der Waals surface area (Å²) in [5.41, 5.74) is 5.35. The average Bonchev–Trinajstić information content (AvgIpc) is 2.08. The highest BCUT2D eigenvalue weighted by Crippen LogP contribution is 2.49. The fraction of sp³-hybridized carbons (Fsp3) is 1.00. The summed E-state index contributed by atoms with van der Waals surface area (Å²) >= 11 is 0. The molecule has 11 heavy (non-hydrogen) atoms. The minimum atomic E-state index is -1.75. The lowest BCUT2D eigenvalue weighted by atomic mass is 10.5. The van der Waals surface area contributed by atoms with Crippen LogP contribution in [0.1, 0.15) is 6.42 Å². The van der Waals surface area contributed by atoms with E-state index in [2.05, 4.69) is 0 Å². The van der Waals surface area contributed by atoms with Gasteiger partial charge in [-0.2, -0.15) is 0 Å². The van der Waals surface area contributed by atoms with Gasteiger partial charge in [-0.3, -0.25) is 12.5 Å². The van der Waals surface area contributed by atoms with Crippen molar-refractivity contribution in [3.05, 3.63) is 0 Å². The molecule has 0 saturated carbocycles. The van der Waals surface area contributed by atoms with Crippen molar-refractivity contribution < 1.29 is 12.5 Å². The molecule has 0 atom stereocenters. The van der Waals surface area contributed by atoms with Crippen LogP contribution < -0.4 is 5.73 Å². The van der Waals surface area contributed by atoms with Crippen LogP contribution in [0.3, 0.4) is 0 Å². The van der Waals surface area contributed by atoms with Crippen LogP contribution in [-0.4, -0.2) is 33.6 Å². The minimum Gasteiger partial charge on any atom is -0.330 e. The van der Waals surface area contributed by atoms with E-state index in [0.717, 1.165) is 12.2 Å². The molecule has 0 amide bonds. The van der Waals surface area contributed by atoms with Gasteiger partial charge >= 0.3 is 0 Å². The Morgan fingerprint density at radius 1 is 1.09 bits per heavy atom. The van der Waals surface area contributed by atoms with Gasteiger partial charge in [0.2, 0.25) is 0 Å². The molecule has 0 saturated heterocycles. The van der Waals surface area contributed by atoms with E-state index in [1.54, 1.807) is 21.3 Å². The summed E-state index contributed by atoms with van der Waals surface area (Å²) in [7, 11) is 2.99. The maximum Gasteiger partial charge on any atom is 0.0879 e. The largest absolute Gasteiger partial charge is 0.330 e. The van der Waals surface area contributed by atoms with Gasteiger partial charge in [0.1, 0.15) is 0 Å². The Hall–Kier alpha value is 0.190. The predicted molar refractivity (Wildman–Crippen MR) is 47.2 cm³/mol. The van der Waals surface area contributed by atoms with Crippen molar-refractivity contribution in [2.75, 3.05) is 33.6 Å². The molecule has 0 fully saturated rings. The third-order valence-electron chi connectivity index (χ3n) is 1.36. The monoisotopic (exact) mass is 183 g/mol. The number of hydrogen-bond acceptors (Lipinski definition) is 4. The molecule has 5 heteroatoms. The first-order valence-electron chi connectivity index (χ1n) is 3.42. The molecule has 0 aliphatic rings. The van der Waals surface area contributed by atoms with E-state index in [1.807, 2.05) is 0 Å². The Bertz CT molecular complexity index is 89.6. The Kier molecular flexibility index (Phi) is 5.89. The fourth-order valence-electron chi connectivity index (χ4n) is 0.714. The van der Waals surface area contributed by atoms with Crippen molar-refractivity contribution in [3.63, 3.8) is 0 Å². The van der Waals surface area contributed by atoms with E-state index < -0.39 is 10.9 Å². The Morgan fingerprint density at radius 2 is 1.55 bits per heavy atom. The molecule has 0 bridgehead atoms. The van der Waals surface area contributed by atoms with Gasteiger partial charge in [0.25, 0.3) is 0 Å². The zero-order valence-corrected chi connectivity index (χ0v) is 8.15. The Balaban J connectivity index is 3.84. The third kappa shape index (κ3) is 3.39. The number of rotatable bonds is 6. The SMILES string of the molecule is COS(CCCN)(OC)OC. The second kappa shape index (κ2) is 5.79. The standard InChI is InChI=1S/C6H17NO3S/c1-8-11(9-2,10-3)6-4-5-7/h4-7H2,1-3H3. The summed E-state index contributed by atoms with van der Waals surface area (Å²) in [6.07, 6.45) is 0.852. The molecule has 0 heterocycles. The van der Waals surface area contributed by atoms with E-state index in [1.165, 1.54) is 0 Å². The number of nitrogens with two attached hydrogens (primary N) is 1. The zero-order valence-electron chi connectivity index (χ0n) is 7.33. The predicted octanol–water partition coefficient (Wildman–Crippen LogP) is 0.824. The van der Waals surface area contributed by atoms with Gasteiger partial charge in [0.15, 0.2) is 0 Å². The lowest BCUT2D eigenvalue weighted by Gasteiger charge is -2.33. The molecule has 2 N–H and O–H groups in total. The highest BCUT2D eigenvalue weighted by atomic mass is 32.3. The van der Waals surface area contributed by atoms with Crippen LogP contribution in [0, 0.1) is 0 Å². The Labute approximate surface area is 69.9 Å². The van der Waals surface area contributed by atoms with Crippen LogP contribution in [-0.2, 0) is 12.5 Å². The number of hydrogen-bond donors (Lipinski definition) is 1. The molecule has 0 radical (unpaired) electrons. The topological polar surface area (TPSA) is 53.7 Å². The molecular weight excluding hydrogens is 166 g/mol. The molecule has 70 valence electrons. The fourth-order valence-corrected chi connectivity index (χ4v) is 2.14. The minimum absolute atomic E-state index is 0.630. The molecule has 0 aromatic carbocycles. The smallest absolute Gasteiger partial charge is 0.0879 e. The van der Waals surface area contributed by atoms with Crippen LogP contribution in [0.15, 0.2) is 0 Å². The second-order valence-corrected chi connectivity index (χ2v) is 4.43. The molecule has 0 aliphatic carbocycles. The lowest BCUT2D eigenvalue weighted by molar-refractivity contribution is 0.248. The zero-order chi connectivity index (χ0) is 8.74. The van der Waals surface area contributed by atoms with Gasteiger partial charge in [0, 0.05) is 5.75 Å². The van der Waals surface area contributed by atoms with Crippen molar-refractivity contribution in [1.29, 1.82) is 0 Å². The van der Waals surface area contributed by atoms with Crippen LogP contribution >= 0.6 is 10.9 Å².